The van der Waals surface area contributed by atoms with Crippen LogP contribution in [-0.4, -0.2) is 38.5 Å². The molecule has 3 aromatic rings. The molecule has 7 heteroatoms. The van der Waals surface area contributed by atoms with E-state index in [0.29, 0.717) is 12.1 Å². The molecule has 4 rings (SSSR count). The van der Waals surface area contributed by atoms with Gasteiger partial charge in [0.25, 0.3) is 5.91 Å². The highest BCUT2D eigenvalue weighted by Crippen LogP contribution is 2.26. The molecular formula is C22H23FN4O2. The van der Waals surface area contributed by atoms with Gasteiger partial charge in [-0.05, 0) is 57.7 Å². The third-order valence-electron chi connectivity index (χ3n) is 5.44. The van der Waals surface area contributed by atoms with Crippen molar-refractivity contribution in [3.05, 3.63) is 65.2 Å². The summed E-state index contributed by atoms with van der Waals surface area (Å²) in [4.78, 5) is 23.7. The van der Waals surface area contributed by atoms with Crippen molar-refractivity contribution < 1.29 is 13.7 Å². The summed E-state index contributed by atoms with van der Waals surface area (Å²) < 4.78 is 18.7. The van der Waals surface area contributed by atoms with Crippen molar-refractivity contribution in [2.24, 2.45) is 0 Å². The maximum atomic E-state index is 13.5. The average Bonchev–Trinajstić information content (AvgIpc) is 3.32. The van der Waals surface area contributed by atoms with Gasteiger partial charge >= 0.3 is 0 Å². The Balaban J connectivity index is 1.41. The molecule has 6 nitrogen and oxygen atoms in total. The predicted octanol–water partition coefficient (Wildman–Crippen LogP) is 4.12. The van der Waals surface area contributed by atoms with Gasteiger partial charge in [0, 0.05) is 24.3 Å². The fourth-order valence-electron chi connectivity index (χ4n) is 3.97. The van der Waals surface area contributed by atoms with Crippen molar-refractivity contribution in [3.8, 4) is 11.3 Å². The first kappa shape index (κ1) is 19.2. The first-order chi connectivity index (χ1) is 14.0. The zero-order valence-corrected chi connectivity index (χ0v) is 16.6. The molecule has 0 aliphatic carbocycles. The molecule has 1 amide bonds. The Morgan fingerprint density at radius 3 is 2.83 bits per heavy atom. The molecule has 1 aliphatic rings. The first-order valence-corrected chi connectivity index (χ1v) is 9.83. The van der Waals surface area contributed by atoms with E-state index in [0.717, 1.165) is 54.1 Å². The van der Waals surface area contributed by atoms with Crippen LogP contribution in [0.1, 0.15) is 46.8 Å². The number of carbonyl (C=O) groups excluding carboxylic acids is 1. The second-order valence-corrected chi connectivity index (χ2v) is 7.44. The van der Waals surface area contributed by atoms with Crippen molar-refractivity contribution in [1.29, 1.82) is 0 Å². The largest absolute Gasteiger partial charge is 0.361 e. The van der Waals surface area contributed by atoms with Gasteiger partial charge in [0.2, 0.25) is 0 Å². The van der Waals surface area contributed by atoms with Crippen molar-refractivity contribution in [2.45, 2.75) is 45.6 Å². The van der Waals surface area contributed by atoms with E-state index in [-0.39, 0.29) is 17.8 Å². The smallest absolute Gasteiger partial charge is 0.254 e. The lowest BCUT2D eigenvalue weighted by atomic mass is 10.1. The van der Waals surface area contributed by atoms with Crippen molar-refractivity contribution in [2.75, 3.05) is 6.54 Å². The Morgan fingerprint density at radius 2 is 2.14 bits per heavy atom. The predicted molar refractivity (Wildman–Crippen MR) is 106 cm³/mol. The molecule has 0 bridgehead atoms. The summed E-state index contributed by atoms with van der Waals surface area (Å²) in [6, 6.07) is 6.03. The molecule has 1 fully saturated rings. The number of amides is 1. The molecule has 0 spiro atoms. The van der Waals surface area contributed by atoms with Crippen LogP contribution in [0.15, 0.2) is 41.2 Å². The van der Waals surface area contributed by atoms with Crippen LogP contribution in [0, 0.1) is 19.7 Å². The summed E-state index contributed by atoms with van der Waals surface area (Å²) in [7, 11) is 0. The molecule has 2 aromatic heterocycles. The lowest BCUT2D eigenvalue weighted by Gasteiger charge is -2.24. The number of hydrogen-bond donors (Lipinski definition) is 0. The average molecular weight is 394 g/mol. The van der Waals surface area contributed by atoms with E-state index in [4.69, 9.17) is 4.52 Å². The van der Waals surface area contributed by atoms with Crippen LogP contribution < -0.4 is 0 Å². The summed E-state index contributed by atoms with van der Waals surface area (Å²) in [6.07, 6.45) is 6.96. The Hall–Kier alpha value is -3.09. The van der Waals surface area contributed by atoms with Gasteiger partial charge in [0.15, 0.2) is 0 Å². The molecule has 1 unspecified atom stereocenters. The van der Waals surface area contributed by atoms with Gasteiger partial charge in [-0.3, -0.25) is 14.8 Å². The second-order valence-electron chi connectivity index (χ2n) is 7.44. The number of benzene rings is 1. The van der Waals surface area contributed by atoms with Crippen LogP contribution in [0.3, 0.4) is 0 Å². The Labute approximate surface area is 168 Å². The van der Waals surface area contributed by atoms with Crippen LogP contribution in [0.2, 0.25) is 0 Å². The van der Waals surface area contributed by atoms with Crippen LogP contribution in [0.5, 0.6) is 0 Å². The zero-order valence-electron chi connectivity index (χ0n) is 16.6. The Morgan fingerprint density at radius 1 is 1.28 bits per heavy atom. The van der Waals surface area contributed by atoms with E-state index in [1.807, 2.05) is 18.7 Å². The van der Waals surface area contributed by atoms with E-state index in [2.05, 4.69) is 15.1 Å². The van der Waals surface area contributed by atoms with E-state index in [9.17, 15) is 9.18 Å². The number of likely N-dealkylation sites (tertiary alicyclic amines) is 1. The van der Waals surface area contributed by atoms with E-state index < -0.39 is 0 Å². The first-order valence-electron chi connectivity index (χ1n) is 9.83. The van der Waals surface area contributed by atoms with Gasteiger partial charge in [-0.1, -0.05) is 11.2 Å². The van der Waals surface area contributed by atoms with E-state index in [1.165, 1.54) is 12.1 Å². The minimum Gasteiger partial charge on any atom is -0.361 e. The summed E-state index contributed by atoms with van der Waals surface area (Å²) >= 11 is 0. The van der Waals surface area contributed by atoms with Crippen LogP contribution in [0.25, 0.3) is 11.3 Å². The molecule has 150 valence electrons. The number of carbonyl (C=O) groups is 1. The lowest BCUT2D eigenvalue weighted by Crippen LogP contribution is -2.35. The number of halogens is 1. The minimum absolute atomic E-state index is 0.105. The third-order valence-corrected chi connectivity index (χ3v) is 5.44. The summed E-state index contributed by atoms with van der Waals surface area (Å²) in [5.41, 5.74) is 3.70. The molecule has 3 heterocycles. The highest BCUT2D eigenvalue weighted by atomic mass is 19.1. The van der Waals surface area contributed by atoms with Crippen LogP contribution in [-0.2, 0) is 6.42 Å². The van der Waals surface area contributed by atoms with Crippen molar-refractivity contribution >= 4 is 5.91 Å². The monoisotopic (exact) mass is 394 g/mol. The molecule has 0 N–H and O–H groups in total. The molecule has 0 radical (unpaired) electrons. The Kier molecular flexibility index (Phi) is 5.38. The number of aryl methyl sites for hydroxylation is 3. The summed E-state index contributed by atoms with van der Waals surface area (Å²) in [5.74, 6) is 0.231. The van der Waals surface area contributed by atoms with Gasteiger partial charge in [-0.15, -0.1) is 0 Å². The quantitative estimate of drug-likeness (QED) is 0.651. The van der Waals surface area contributed by atoms with E-state index >= 15 is 0 Å². The fraction of sp³-hybridized carbons (Fsp3) is 0.364. The number of nitrogens with zero attached hydrogens (tertiary/aromatic N) is 4. The molecule has 0 saturated carbocycles. The summed E-state index contributed by atoms with van der Waals surface area (Å²) in [5, 5.41) is 3.96. The Bertz CT molecular complexity index is 996. The van der Waals surface area contributed by atoms with Gasteiger partial charge in [0.05, 0.1) is 28.8 Å². The topological polar surface area (TPSA) is 72.1 Å². The van der Waals surface area contributed by atoms with E-state index in [1.54, 1.807) is 24.5 Å². The third kappa shape index (κ3) is 4.04. The van der Waals surface area contributed by atoms with Gasteiger partial charge < -0.3 is 9.42 Å². The molecule has 1 aromatic carbocycles. The van der Waals surface area contributed by atoms with Crippen LogP contribution in [0.4, 0.5) is 4.39 Å². The highest BCUT2D eigenvalue weighted by molar-refractivity contribution is 5.94. The highest BCUT2D eigenvalue weighted by Gasteiger charge is 2.29. The number of aromatic nitrogens is 3. The standard InChI is InChI=1S/C22H23FN4O2/c1-14-21(15(2)29-26-14)20-13-24-18(12-25-20)8-9-19-7-4-10-27(19)22(28)16-5-3-6-17(23)11-16/h3,5-6,11-13,19H,4,7-10H2,1-2H3. The van der Waals surface area contributed by atoms with Crippen molar-refractivity contribution in [1.82, 2.24) is 20.0 Å². The second kappa shape index (κ2) is 8.11. The SMILES string of the molecule is Cc1noc(C)c1-c1cnc(CCC2CCCN2C(=O)c2cccc(F)c2)cn1. The molecule has 1 aliphatic heterocycles. The molecule has 29 heavy (non-hydrogen) atoms. The fourth-order valence-corrected chi connectivity index (χ4v) is 3.97. The van der Waals surface area contributed by atoms with Crippen molar-refractivity contribution in [3.63, 3.8) is 0 Å². The maximum absolute atomic E-state index is 13.5. The van der Waals surface area contributed by atoms with Gasteiger partial charge in [-0.2, -0.15) is 0 Å². The molecular weight excluding hydrogens is 371 g/mol. The minimum atomic E-state index is -0.389. The summed E-state index contributed by atoms with van der Waals surface area (Å²) in [6.45, 7) is 4.44. The number of rotatable bonds is 5. The molecule has 1 saturated heterocycles. The maximum Gasteiger partial charge on any atom is 0.254 e. The normalized spacial score (nSPS) is 16.4. The van der Waals surface area contributed by atoms with Gasteiger partial charge in [0.1, 0.15) is 11.6 Å². The molecule has 1 atom stereocenters. The number of hydrogen-bond acceptors (Lipinski definition) is 5. The zero-order chi connectivity index (χ0) is 20.4. The van der Waals surface area contributed by atoms with Gasteiger partial charge in [-0.25, -0.2) is 4.39 Å². The lowest BCUT2D eigenvalue weighted by molar-refractivity contribution is 0.0730. The van der Waals surface area contributed by atoms with Crippen LogP contribution >= 0.6 is 0 Å².